The molecule has 3 N–H and O–H groups in total. The van der Waals surface area contributed by atoms with Crippen molar-refractivity contribution in [1.82, 2.24) is 5.32 Å². The topological polar surface area (TPSA) is 95.9 Å². The number of carbonyl (C=O) groups is 2. The van der Waals surface area contributed by atoms with Crippen LogP contribution < -0.4 is 5.32 Å². The van der Waals surface area contributed by atoms with Crippen LogP contribution in [0.1, 0.15) is 265 Å². The van der Waals surface area contributed by atoms with Gasteiger partial charge in [-0.1, -0.05) is 226 Å². The van der Waals surface area contributed by atoms with Gasteiger partial charge in [-0.15, -0.1) is 0 Å². The van der Waals surface area contributed by atoms with Gasteiger partial charge in [0.05, 0.1) is 25.2 Å². The minimum Gasteiger partial charge on any atom is -0.462 e. The van der Waals surface area contributed by atoms with E-state index >= 15 is 0 Å². The molecule has 0 saturated heterocycles. The molecule has 6 nitrogen and oxygen atoms in total. The molecule has 0 radical (unpaired) electrons. The van der Waals surface area contributed by atoms with E-state index in [1.165, 1.54) is 173 Å². The largest absolute Gasteiger partial charge is 0.462 e. The van der Waals surface area contributed by atoms with Gasteiger partial charge in [-0.3, -0.25) is 9.59 Å². The molecule has 0 aliphatic heterocycles. The van der Waals surface area contributed by atoms with Crippen molar-refractivity contribution in [2.24, 2.45) is 0 Å². The molecule has 0 aromatic carbocycles. The van der Waals surface area contributed by atoms with Crippen LogP contribution in [0.15, 0.2) is 0 Å². The molecule has 0 fully saturated rings. The van der Waals surface area contributed by atoms with Crippen LogP contribution in [-0.2, 0) is 14.3 Å². The normalized spacial score (nSPS) is 13.2. The molecule has 0 aliphatic carbocycles. The lowest BCUT2D eigenvalue weighted by Gasteiger charge is -2.24. The van der Waals surface area contributed by atoms with Crippen LogP contribution in [0.25, 0.3) is 0 Å². The van der Waals surface area contributed by atoms with Crippen LogP contribution in [0.2, 0.25) is 0 Å². The molecule has 1 amide bonds. The highest BCUT2D eigenvalue weighted by atomic mass is 16.5. The number of hydrogen-bond acceptors (Lipinski definition) is 5. The Kier molecular flexibility index (Phi) is 41.1. The summed E-state index contributed by atoms with van der Waals surface area (Å²) in [5.74, 6) is -0.457. The molecule has 0 heterocycles. The average molecular weight is 752 g/mol. The maximum absolute atomic E-state index is 13.1. The predicted molar refractivity (Wildman–Crippen MR) is 227 cm³/mol. The molecule has 316 valence electrons. The van der Waals surface area contributed by atoms with Crippen molar-refractivity contribution in [1.29, 1.82) is 0 Å². The number of hydrogen-bond donors (Lipinski definition) is 3. The SMILES string of the molecule is CCCCCCCCCCCCCCC(=O)OC(CCCCCCCCCCCCC)CC(=O)NC(CO)C(O)CCCCCCCCCCCCC. The van der Waals surface area contributed by atoms with E-state index in [4.69, 9.17) is 4.74 Å². The second kappa shape index (κ2) is 42.0. The summed E-state index contributed by atoms with van der Waals surface area (Å²) in [6.07, 6.45) is 43.0. The van der Waals surface area contributed by atoms with Crippen molar-refractivity contribution in [3.8, 4) is 0 Å². The molecule has 0 rings (SSSR count). The molecule has 0 aromatic heterocycles. The van der Waals surface area contributed by atoms with Crippen LogP contribution in [0, 0.1) is 0 Å². The minimum atomic E-state index is -0.777. The van der Waals surface area contributed by atoms with Crippen LogP contribution in [0.5, 0.6) is 0 Å². The number of unbranched alkanes of at least 4 members (excludes halogenated alkanes) is 31. The summed E-state index contributed by atoms with van der Waals surface area (Å²) in [6.45, 7) is 6.48. The fourth-order valence-corrected chi connectivity index (χ4v) is 7.55. The van der Waals surface area contributed by atoms with Gasteiger partial charge < -0.3 is 20.3 Å². The maximum Gasteiger partial charge on any atom is 0.306 e. The summed E-state index contributed by atoms with van der Waals surface area (Å²) < 4.78 is 5.91. The Bertz CT molecular complexity index is 761. The molecular formula is C47H93NO5. The van der Waals surface area contributed by atoms with Gasteiger partial charge in [-0.05, 0) is 25.7 Å². The Hall–Kier alpha value is -1.14. The second-order valence-electron chi connectivity index (χ2n) is 16.5. The molecule has 3 unspecified atom stereocenters. The van der Waals surface area contributed by atoms with Gasteiger partial charge in [0, 0.05) is 6.42 Å². The fourth-order valence-electron chi connectivity index (χ4n) is 7.55. The Balaban J connectivity index is 4.53. The Labute approximate surface area is 330 Å². The lowest BCUT2D eigenvalue weighted by atomic mass is 10.0. The third kappa shape index (κ3) is 37.6. The summed E-state index contributed by atoms with van der Waals surface area (Å²) in [4.78, 5) is 26.0. The number of aliphatic hydroxyl groups excluding tert-OH is 2. The average Bonchev–Trinajstić information content (AvgIpc) is 3.15. The predicted octanol–water partition coefficient (Wildman–Crippen LogP) is 13.6. The number of esters is 1. The maximum atomic E-state index is 13.1. The van der Waals surface area contributed by atoms with Crippen molar-refractivity contribution in [3.05, 3.63) is 0 Å². The molecule has 0 spiro atoms. The van der Waals surface area contributed by atoms with Crippen molar-refractivity contribution >= 4 is 11.9 Å². The van der Waals surface area contributed by atoms with Crippen LogP contribution in [-0.4, -0.2) is 46.9 Å². The summed E-state index contributed by atoms with van der Waals surface area (Å²) >= 11 is 0. The smallest absolute Gasteiger partial charge is 0.306 e. The number of amides is 1. The van der Waals surface area contributed by atoms with Crippen LogP contribution >= 0.6 is 0 Å². The lowest BCUT2D eigenvalue weighted by molar-refractivity contribution is -0.151. The third-order valence-corrected chi connectivity index (χ3v) is 11.2. The zero-order valence-corrected chi connectivity index (χ0v) is 35.9. The lowest BCUT2D eigenvalue weighted by Crippen LogP contribution is -2.46. The number of ether oxygens (including phenoxy) is 1. The number of nitrogens with one attached hydrogen (secondary N) is 1. The van der Waals surface area contributed by atoms with Crippen molar-refractivity contribution < 1.29 is 24.5 Å². The highest BCUT2D eigenvalue weighted by Gasteiger charge is 2.24. The van der Waals surface area contributed by atoms with Crippen molar-refractivity contribution in [2.75, 3.05) is 6.61 Å². The molecule has 53 heavy (non-hydrogen) atoms. The monoisotopic (exact) mass is 752 g/mol. The van der Waals surface area contributed by atoms with Crippen molar-refractivity contribution in [2.45, 2.75) is 283 Å². The van der Waals surface area contributed by atoms with Gasteiger partial charge >= 0.3 is 5.97 Å². The van der Waals surface area contributed by atoms with Gasteiger partial charge in [0.25, 0.3) is 0 Å². The van der Waals surface area contributed by atoms with Crippen molar-refractivity contribution in [3.63, 3.8) is 0 Å². The number of aliphatic hydroxyl groups is 2. The first-order valence-electron chi connectivity index (χ1n) is 23.8. The Morgan fingerprint density at radius 1 is 0.472 bits per heavy atom. The molecule has 0 bridgehead atoms. The molecular weight excluding hydrogens is 659 g/mol. The van der Waals surface area contributed by atoms with E-state index in [2.05, 4.69) is 26.1 Å². The number of carbonyl (C=O) groups excluding carboxylic acids is 2. The molecule has 0 aliphatic rings. The molecule has 3 atom stereocenters. The van der Waals surface area contributed by atoms with Gasteiger partial charge in [-0.2, -0.15) is 0 Å². The summed E-state index contributed by atoms with van der Waals surface area (Å²) in [5, 5.41) is 23.6. The minimum absolute atomic E-state index is 0.0869. The fraction of sp³-hybridized carbons (Fsp3) is 0.957. The standard InChI is InChI=1S/C47H93NO5/c1-4-7-10-13-16-19-22-25-28-31-34-37-40-47(52)53-43(38-35-32-29-26-23-20-17-14-11-8-5-2)41-46(51)48-44(42-49)45(50)39-36-33-30-27-24-21-18-15-12-9-6-3/h43-45,49-50H,4-42H2,1-3H3,(H,48,51). The van der Waals surface area contributed by atoms with Gasteiger partial charge in [0.2, 0.25) is 5.91 Å². The zero-order valence-electron chi connectivity index (χ0n) is 35.9. The highest BCUT2D eigenvalue weighted by molar-refractivity contribution is 5.77. The summed E-state index contributed by atoms with van der Waals surface area (Å²) in [7, 11) is 0. The van der Waals surface area contributed by atoms with E-state index in [-0.39, 0.29) is 24.9 Å². The first-order valence-corrected chi connectivity index (χ1v) is 23.8. The van der Waals surface area contributed by atoms with Gasteiger partial charge in [0.15, 0.2) is 0 Å². The van der Waals surface area contributed by atoms with Crippen LogP contribution in [0.3, 0.4) is 0 Å². The molecule has 0 saturated carbocycles. The van der Waals surface area contributed by atoms with E-state index in [1.807, 2.05) is 0 Å². The van der Waals surface area contributed by atoms with E-state index < -0.39 is 18.2 Å². The van der Waals surface area contributed by atoms with E-state index in [0.29, 0.717) is 19.3 Å². The second-order valence-corrected chi connectivity index (χ2v) is 16.5. The molecule has 6 heteroatoms. The molecule has 0 aromatic rings. The van der Waals surface area contributed by atoms with Gasteiger partial charge in [0.1, 0.15) is 6.10 Å². The first kappa shape index (κ1) is 51.9. The third-order valence-electron chi connectivity index (χ3n) is 11.2. The van der Waals surface area contributed by atoms with E-state index in [9.17, 15) is 19.8 Å². The summed E-state index contributed by atoms with van der Waals surface area (Å²) in [6, 6.07) is -0.690. The van der Waals surface area contributed by atoms with Crippen LogP contribution in [0.4, 0.5) is 0 Å². The summed E-state index contributed by atoms with van der Waals surface area (Å²) in [5.41, 5.74) is 0. The Morgan fingerprint density at radius 3 is 1.15 bits per heavy atom. The quantitative estimate of drug-likeness (QED) is 0.0426. The van der Waals surface area contributed by atoms with E-state index in [0.717, 1.165) is 44.9 Å². The first-order chi connectivity index (χ1) is 26.0. The highest BCUT2D eigenvalue weighted by Crippen LogP contribution is 2.18. The zero-order chi connectivity index (χ0) is 38.9. The van der Waals surface area contributed by atoms with Gasteiger partial charge in [-0.25, -0.2) is 0 Å². The Morgan fingerprint density at radius 2 is 0.792 bits per heavy atom. The van der Waals surface area contributed by atoms with E-state index in [1.54, 1.807) is 0 Å². The number of rotatable bonds is 43.